The van der Waals surface area contributed by atoms with Gasteiger partial charge in [0.15, 0.2) is 0 Å². The summed E-state index contributed by atoms with van der Waals surface area (Å²) in [6.45, 7) is 3.71. The third-order valence-corrected chi connectivity index (χ3v) is 4.46. The predicted molar refractivity (Wildman–Crippen MR) is 94.1 cm³/mol. The zero-order valence-electron chi connectivity index (χ0n) is 12.8. The van der Waals surface area contributed by atoms with E-state index in [1.807, 2.05) is 38.1 Å². The number of carbonyl (C=O) groups excluding carboxylic acids is 1. The Morgan fingerprint density at radius 2 is 2.00 bits per heavy atom. The highest BCUT2D eigenvalue weighted by Crippen LogP contribution is 2.32. The number of H-pyrrole nitrogens is 1. The molecule has 5 heteroatoms. The molecule has 0 atom stereocenters. The summed E-state index contributed by atoms with van der Waals surface area (Å²) in [6.07, 6.45) is 1.77. The van der Waals surface area contributed by atoms with Gasteiger partial charge < -0.3 is 10.3 Å². The largest absolute Gasteiger partial charge is 0.361 e. The number of nitrogens with one attached hydrogen (secondary N) is 2. The highest BCUT2D eigenvalue weighted by molar-refractivity contribution is 9.10. The van der Waals surface area contributed by atoms with Crippen LogP contribution in [0.15, 0.2) is 53.1 Å². The number of amides is 1. The number of carbonyl (C=O) groups is 1. The number of halogens is 2. The molecule has 118 valence electrons. The molecule has 2 aromatic carbocycles. The number of rotatable bonds is 3. The van der Waals surface area contributed by atoms with Gasteiger partial charge in [-0.2, -0.15) is 0 Å². The van der Waals surface area contributed by atoms with Crippen molar-refractivity contribution < 1.29 is 9.18 Å². The summed E-state index contributed by atoms with van der Waals surface area (Å²) in [4.78, 5) is 15.8. The Bertz CT molecular complexity index is 886. The van der Waals surface area contributed by atoms with Crippen molar-refractivity contribution in [2.24, 2.45) is 0 Å². The van der Waals surface area contributed by atoms with Gasteiger partial charge in [-0.05, 0) is 55.8 Å². The Labute approximate surface area is 142 Å². The molecule has 2 N–H and O–H groups in total. The van der Waals surface area contributed by atoms with E-state index >= 15 is 0 Å². The van der Waals surface area contributed by atoms with Gasteiger partial charge in [0.25, 0.3) is 0 Å². The number of aromatic nitrogens is 1. The smallest absolute Gasteiger partial charge is 0.234 e. The Morgan fingerprint density at radius 3 is 2.74 bits per heavy atom. The number of benzene rings is 2. The molecule has 0 fully saturated rings. The van der Waals surface area contributed by atoms with Crippen LogP contribution in [0.25, 0.3) is 10.9 Å². The van der Waals surface area contributed by atoms with Gasteiger partial charge in [0, 0.05) is 27.3 Å². The van der Waals surface area contributed by atoms with E-state index in [1.165, 1.54) is 12.1 Å². The van der Waals surface area contributed by atoms with Crippen molar-refractivity contribution in [1.29, 1.82) is 0 Å². The second-order valence-corrected chi connectivity index (χ2v) is 6.90. The quantitative estimate of drug-likeness (QED) is 0.666. The minimum Gasteiger partial charge on any atom is -0.361 e. The highest BCUT2D eigenvalue weighted by Gasteiger charge is 2.32. The van der Waals surface area contributed by atoms with E-state index in [0.29, 0.717) is 5.52 Å². The number of anilines is 1. The van der Waals surface area contributed by atoms with Gasteiger partial charge in [-0.25, -0.2) is 4.39 Å². The third kappa shape index (κ3) is 3.01. The van der Waals surface area contributed by atoms with Crippen LogP contribution < -0.4 is 5.32 Å². The molecule has 0 saturated carbocycles. The summed E-state index contributed by atoms with van der Waals surface area (Å²) in [5, 5.41) is 3.78. The molecular formula is C18H16BrFN2O. The van der Waals surface area contributed by atoms with Gasteiger partial charge in [-0.1, -0.05) is 22.0 Å². The van der Waals surface area contributed by atoms with Gasteiger partial charge in [-0.3, -0.25) is 4.79 Å². The second-order valence-electron chi connectivity index (χ2n) is 5.98. The van der Waals surface area contributed by atoms with E-state index < -0.39 is 5.41 Å². The van der Waals surface area contributed by atoms with Crippen LogP contribution in [0.4, 0.5) is 10.1 Å². The first-order valence-electron chi connectivity index (χ1n) is 7.22. The van der Waals surface area contributed by atoms with Crippen molar-refractivity contribution in [3.05, 3.63) is 64.5 Å². The van der Waals surface area contributed by atoms with Gasteiger partial charge in [0.2, 0.25) is 5.91 Å². The summed E-state index contributed by atoms with van der Waals surface area (Å²) >= 11 is 3.39. The SMILES string of the molecule is CC(C)(C(=O)Nc1cccc(Br)c1)c1c[nH]c2cc(F)ccc12. The summed E-state index contributed by atoms with van der Waals surface area (Å²) < 4.78 is 14.2. The molecule has 0 aliphatic carbocycles. The standard InChI is InChI=1S/C18H16BrFN2O/c1-18(2,17(23)22-13-5-3-4-11(19)8-13)15-10-21-16-9-12(20)6-7-14(15)16/h3-10,21H,1-2H3,(H,22,23). The van der Waals surface area contributed by atoms with E-state index in [0.717, 1.165) is 21.1 Å². The van der Waals surface area contributed by atoms with Crippen LogP contribution >= 0.6 is 15.9 Å². The second kappa shape index (κ2) is 5.81. The molecule has 0 spiro atoms. The van der Waals surface area contributed by atoms with Crippen molar-refractivity contribution in [1.82, 2.24) is 4.98 Å². The van der Waals surface area contributed by atoms with Gasteiger partial charge in [-0.15, -0.1) is 0 Å². The summed E-state index contributed by atoms with van der Waals surface area (Å²) in [5.74, 6) is -0.428. The Hall–Kier alpha value is -2.14. The van der Waals surface area contributed by atoms with E-state index in [2.05, 4.69) is 26.2 Å². The Morgan fingerprint density at radius 1 is 1.22 bits per heavy atom. The molecule has 0 unspecified atom stereocenters. The maximum Gasteiger partial charge on any atom is 0.234 e. The molecular weight excluding hydrogens is 359 g/mol. The zero-order chi connectivity index (χ0) is 16.6. The maximum atomic E-state index is 13.3. The van der Waals surface area contributed by atoms with Crippen LogP contribution in [0, 0.1) is 5.82 Å². The van der Waals surface area contributed by atoms with Crippen molar-refractivity contribution in [3.63, 3.8) is 0 Å². The fourth-order valence-electron chi connectivity index (χ4n) is 2.59. The third-order valence-electron chi connectivity index (χ3n) is 3.97. The lowest BCUT2D eigenvalue weighted by atomic mass is 9.83. The van der Waals surface area contributed by atoms with Crippen LogP contribution in [0.3, 0.4) is 0 Å². The maximum absolute atomic E-state index is 13.3. The molecule has 3 rings (SSSR count). The van der Waals surface area contributed by atoms with Crippen molar-refractivity contribution >= 4 is 38.4 Å². The fraction of sp³-hybridized carbons (Fsp3) is 0.167. The first-order chi connectivity index (χ1) is 10.9. The monoisotopic (exact) mass is 374 g/mol. The van der Waals surface area contributed by atoms with Crippen LogP contribution in [0.1, 0.15) is 19.4 Å². The minimum atomic E-state index is -0.765. The first-order valence-corrected chi connectivity index (χ1v) is 8.01. The topological polar surface area (TPSA) is 44.9 Å². The zero-order valence-corrected chi connectivity index (χ0v) is 14.4. The van der Waals surface area contributed by atoms with E-state index in [-0.39, 0.29) is 11.7 Å². The van der Waals surface area contributed by atoms with Crippen LogP contribution in [0.2, 0.25) is 0 Å². The number of hydrogen-bond acceptors (Lipinski definition) is 1. The summed E-state index contributed by atoms with van der Waals surface area (Å²) in [5.41, 5.74) is 1.48. The molecule has 0 radical (unpaired) electrons. The highest BCUT2D eigenvalue weighted by atomic mass is 79.9. The number of fused-ring (bicyclic) bond motifs is 1. The van der Waals surface area contributed by atoms with E-state index in [4.69, 9.17) is 0 Å². The molecule has 3 nitrogen and oxygen atoms in total. The molecule has 3 aromatic rings. The van der Waals surface area contributed by atoms with E-state index in [9.17, 15) is 9.18 Å². The minimum absolute atomic E-state index is 0.124. The normalized spacial score (nSPS) is 11.7. The van der Waals surface area contributed by atoms with Crippen LogP contribution in [-0.2, 0) is 10.2 Å². The van der Waals surface area contributed by atoms with Crippen LogP contribution in [0.5, 0.6) is 0 Å². The Balaban J connectivity index is 1.94. The van der Waals surface area contributed by atoms with E-state index in [1.54, 1.807) is 12.3 Å². The van der Waals surface area contributed by atoms with Crippen molar-refractivity contribution in [3.8, 4) is 0 Å². The lowest BCUT2D eigenvalue weighted by molar-refractivity contribution is -0.120. The fourth-order valence-corrected chi connectivity index (χ4v) is 2.99. The molecule has 1 aromatic heterocycles. The van der Waals surface area contributed by atoms with Gasteiger partial charge >= 0.3 is 0 Å². The van der Waals surface area contributed by atoms with Gasteiger partial charge in [0.1, 0.15) is 5.82 Å². The summed E-state index contributed by atoms with van der Waals surface area (Å²) in [7, 11) is 0. The number of hydrogen-bond donors (Lipinski definition) is 2. The summed E-state index contributed by atoms with van der Waals surface area (Å²) in [6, 6.07) is 12.0. The molecule has 23 heavy (non-hydrogen) atoms. The predicted octanol–water partition coefficient (Wildman–Crippen LogP) is 4.99. The Kier molecular flexibility index (Phi) is 3.98. The first kappa shape index (κ1) is 15.7. The van der Waals surface area contributed by atoms with Crippen LogP contribution in [-0.4, -0.2) is 10.9 Å². The number of aromatic amines is 1. The molecule has 0 saturated heterocycles. The van der Waals surface area contributed by atoms with Crippen molar-refractivity contribution in [2.45, 2.75) is 19.3 Å². The molecule has 0 bridgehead atoms. The lowest BCUT2D eigenvalue weighted by Gasteiger charge is -2.23. The molecule has 0 aliphatic heterocycles. The van der Waals surface area contributed by atoms with Gasteiger partial charge in [0.05, 0.1) is 5.41 Å². The molecule has 1 amide bonds. The average Bonchev–Trinajstić information content (AvgIpc) is 2.90. The average molecular weight is 375 g/mol. The molecule has 1 heterocycles. The lowest BCUT2D eigenvalue weighted by Crippen LogP contribution is -2.34. The van der Waals surface area contributed by atoms with Crippen molar-refractivity contribution in [2.75, 3.05) is 5.32 Å². The molecule has 0 aliphatic rings.